The van der Waals surface area contributed by atoms with E-state index >= 15 is 0 Å². The van der Waals surface area contributed by atoms with E-state index in [0.29, 0.717) is 17.4 Å². The number of hydrogen-bond donors (Lipinski definition) is 1. The van der Waals surface area contributed by atoms with Crippen LogP contribution in [0.4, 0.5) is 4.39 Å². The molecule has 0 fully saturated rings. The SMILES string of the molecule is Fc1ccc(OCCCS)c(Cl)c1. The van der Waals surface area contributed by atoms with E-state index in [-0.39, 0.29) is 5.82 Å². The largest absolute Gasteiger partial charge is 0.492 e. The quantitative estimate of drug-likeness (QED) is 0.606. The van der Waals surface area contributed by atoms with Gasteiger partial charge in [0.05, 0.1) is 11.6 Å². The van der Waals surface area contributed by atoms with Crippen molar-refractivity contribution in [1.82, 2.24) is 0 Å². The van der Waals surface area contributed by atoms with Gasteiger partial charge in [0, 0.05) is 0 Å². The van der Waals surface area contributed by atoms with Crippen LogP contribution in [0.25, 0.3) is 0 Å². The van der Waals surface area contributed by atoms with Crippen molar-refractivity contribution >= 4 is 24.2 Å². The highest BCUT2D eigenvalue weighted by Crippen LogP contribution is 2.24. The molecule has 0 spiro atoms. The zero-order chi connectivity index (χ0) is 9.68. The molecule has 0 heterocycles. The van der Waals surface area contributed by atoms with Crippen LogP contribution in [0.3, 0.4) is 0 Å². The van der Waals surface area contributed by atoms with Crippen molar-refractivity contribution in [2.75, 3.05) is 12.4 Å². The predicted molar refractivity (Wildman–Crippen MR) is 55.4 cm³/mol. The van der Waals surface area contributed by atoms with Crippen LogP contribution in [-0.2, 0) is 0 Å². The second-order valence-electron chi connectivity index (χ2n) is 2.50. The Morgan fingerprint density at radius 3 is 2.85 bits per heavy atom. The molecule has 0 radical (unpaired) electrons. The fourth-order valence-electron chi connectivity index (χ4n) is 0.839. The average Bonchev–Trinajstić information content (AvgIpc) is 2.09. The molecule has 0 amide bonds. The third-order valence-electron chi connectivity index (χ3n) is 1.45. The lowest BCUT2D eigenvalue weighted by atomic mass is 10.3. The topological polar surface area (TPSA) is 9.23 Å². The second kappa shape index (κ2) is 5.35. The third kappa shape index (κ3) is 3.44. The van der Waals surface area contributed by atoms with Gasteiger partial charge in [0.2, 0.25) is 0 Å². The van der Waals surface area contributed by atoms with Gasteiger partial charge in [-0.1, -0.05) is 11.6 Å². The Labute approximate surface area is 87.3 Å². The molecule has 0 aliphatic rings. The van der Waals surface area contributed by atoms with E-state index in [1.807, 2.05) is 0 Å². The van der Waals surface area contributed by atoms with Crippen LogP contribution in [0.1, 0.15) is 6.42 Å². The van der Waals surface area contributed by atoms with E-state index in [2.05, 4.69) is 12.6 Å². The van der Waals surface area contributed by atoms with Crippen molar-refractivity contribution in [3.8, 4) is 5.75 Å². The smallest absolute Gasteiger partial charge is 0.138 e. The molecule has 1 aromatic carbocycles. The minimum atomic E-state index is -0.355. The molecule has 0 aliphatic carbocycles. The molecule has 72 valence electrons. The normalized spacial score (nSPS) is 10.1. The van der Waals surface area contributed by atoms with Gasteiger partial charge in [0.15, 0.2) is 0 Å². The summed E-state index contributed by atoms with van der Waals surface area (Å²) in [5, 5.41) is 0.305. The summed E-state index contributed by atoms with van der Waals surface area (Å²) in [5.41, 5.74) is 0. The van der Waals surface area contributed by atoms with Gasteiger partial charge >= 0.3 is 0 Å². The summed E-state index contributed by atoms with van der Waals surface area (Å²) < 4.78 is 17.9. The monoisotopic (exact) mass is 220 g/mol. The first-order valence-electron chi connectivity index (χ1n) is 3.93. The molecule has 0 N–H and O–H groups in total. The van der Waals surface area contributed by atoms with Gasteiger partial charge in [-0.05, 0) is 30.4 Å². The Hall–Kier alpha value is -0.410. The van der Waals surface area contributed by atoms with E-state index in [4.69, 9.17) is 16.3 Å². The van der Waals surface area contributed by atoms with Crippen LogP contribution in [0.15, 0.2) is 18.2 Å². The van der Waals surface area contributed by atoms with Gasteiger partial charge in [-0.2, -0.15) is 12.6 Å². The first-order valence-corrected chi connectivity index (χ1v) is 4.94. The summed E-state index contributed by atoms with van der Waals surface area (Å²) in [5.74, 6) is 0.926. The summed E-state index contributed by atoms with van der Waals surface area (Å²) in [6, 6.07) is 4.08. The molecule has 1 aromatic rings. The molecule has 0 aliphatic heterocycles. The molecule has 0 aromatic heterocycles. The third-order valence-corrected chi connectivity index (χ3v) is 2.07. The number of ether oxygens (including phenoxy) is 1. The first kappa shape index (κ1) is 10.7. The summed E-state index contributed by atoms with van der Waals surface area (Å²) in [7, 11) is 0. The van der Waals surface area contributed by atoms with E-state index in [1.54, 1.807) is 0 Å². The van der Waals surface area contributed by atoms with Crippen LogP contribution < -0.4 is 4.74 Å². The Balaban J connectivity index is 2.56. The fraction of sp³-hybridized carbons (Fsp3) is 0.333. The Bertz CT molecular complexity index is 280. The molecule has 0 saturated carbocycles. The highest BCUT2D eigenvalue weighted by Gasteiger charge is 2.01. The number of thiol groups is 1. The lowest BCUT2D eigenvalue weighted by molar-refractivity contribution is 0.318. The lowest BCUT2D eigenvalue weighted by Gasteiger charge is -2.06. The highest BCUT2D eigenvalue weighted by atomic mass is 35.5. The van der Waals surface area contributed by atoms with E-state index in [1.165, 1.54) is 18.2 Å². The van der Waals surface area contributed by atoms with Crippen LogP contribution in [0.2, 0.25) is 5.02 Å². The molecule has 0 saturated heterocycles. The summed E-state index contributed by atoms with van der Waals surface area (Å²) in [4.78, 5) is 0. The maximum atomic E-state index is 12.6. The molecule has 4 heteroatoms. The van der Waals surface area contributed by atoms with Gasteiger partial charge in [-0.15, -0.1) is 0 Å². The van der Waals surface area contributed by atoms with E-state index in [9.17, 15) is 4.39 Å². The van der Waals surface area contributed by atoms with Crippen molar-refractivity contribution in [3.05, 3.63) is 29.0 Å². The van der Waals surface area contributed by atoms with Crippen molar-refractivity contribution in [2.45, 2.75) is 6.42 Å². The van der Waals surface area contributed by atoms with Crippen LogP contribution in [0, 0.1) is 5.82 Å². The van der Waals surface area contributed by atoms with E-state index < -0.39 is 0 Å². The van der Waals surface area contributed by atoms with Gasteiger partial charge in [-0.3, -0.25) is 0 Å². The predicted octanol–water partition coefficient (Wildman–Crippen LogP) is 3.18. The van der Waals surface area contributed by atoms with Crippen molar-refractivity contribution < 1.29 is 9.13 Å². The van der Waals surface area contributed by atoms with Crippen LogP contribution >= 0.6 is 24.2 Å². The summed E-state index contributed by atoms with van der Waals surface area (Å²) >= 11 is 9.76. The highest BCUT2D eigenvalue weighted by molar-refractivity contribution is 7.80. The zero-order valence-corrected chi connectivity index (χ0v) is 8.62. The Morgan fingerprint density at radius 2 is 2.23 bits per heavy atom. The Kier molecular flexibility index (Phi) is 4.39. The van der Waals surface area contributed by atoms with Crippen LogP contribution in [-0.4, -0.2) is 12.4 Å². The van der Waals surface area contributed by atoms with Gasteiger partial charge in [-0.25, -0.2) is 4.39 Å². The Morgan fingerprint density at radius 1 is 1.46 bits per heavy atom. The molecular formula is C9H10ClFOS. The number of rotatable bonds is 4. The molecular weight excluding hydrogens is 211 g/mol. The fourth-order valence-corrected chi connectivity index (χ4v) is 1.19. The molecule has 0 bridgehead atoms. The van der Waals surface area contributed by atoms with Crippen molar-refractivity contribution in [1.29, 1.82) is 0 Å². The molecule has 0 unspecified atom stereocenters. The minimum absolute atomic E-state index is 0.305. The standard InChI is InChI=1S/C9H10ClFOS/c10-8-6-7(11)2-3-9(8)12-4-1-5-13/h2-3,6,13H,1,4-5H2. The molecule has 1 nitrogen and oxygen atoms in total. The average molecular weight is 221 g/mol. The minimum Gasteiger partial charge on any atom is -0.492 e. The maximum Gasteiger partial charge on any atom is 0.138 e. The van der Waals surface area contributed by atoms with Gasteiger partial charge < -0.3 is 4.74 Å². The number of benzene rings is 1. The summed E-state index contributed by atoms with van der Waals surface area (Å²) in [6.07, 6.45) is 0.844. The van der Waals surface area contributed by atoms with Crippen molar-refractivity contribution in [3.63, 3.8) is 0 Å². The number of halogens is 2. The maximum absolute atomic E-state index is 12.6. The van der Waals surface area contributed by atoms with Crippen molar-refractivity contribution in [2.24, 2.45) is 0 Å². The molecule has 0 atom stereocenters. The summed E-state index contributed by atoms with van der Waals surface area (Å²) in [6.45, 7) is 0.550. The van der Waals surface area contributed by atoms with Crippen LogP contribution in [0.5, 0.6) is 5.75 Å². The van der Waals surface area contributed by atoms with E-state index in [0.717, 1.165) is 12.2 Å². The second-order valence-corrected chi connectivity index (χ2v) is 3.35. The molecule has 13 heavy (non-hydrogen) atoms. The molecule has 1 rings (SSSR count). The zero-order valence-electron chi connectivity index (χ0n) is 6.96. The van der Waals surface area contributed by atoms with Gasteiger partial charge in [0.1, 0.15) is 11.6 Å². The lowest BCUT2D eigenvalue weighted by Crippen LogP contribution is -1.98. The van der Waals surface area contributed by atoms with Gasteiger partial charge in [0.25, 0.3) is 0 Å². The first-order chi connectivity index (χ1) is 6.24. The number of hydrogen-bond acceptors (Lipinski definition) is 2.